The Morgan fingerprint density at radius 1 is 1.12 bits per heavy atom. The fourth-order valence-electron chi connectivity index (χ4n) is 3.38. The van der Waals surface area contributed by atoms with Crippen LogP contribution in [0, 0.1) is 6.92 Å². The van der Waals surface area contributed by atoms with Crippen LogP contribution in [0.25, 0.3) is 11.3 Å². The molecule has 0 aliphatic heterocycles. The Kier molecular flexibility index (Phi) is 3.84. The Bertz CT molecular complexity index is 931. The number of anilines is 1. The van der Waals surface area contributed by atoms with Gasteiger partial charge in [-0.3, -0.25) is 5.10 Å². The molecule has 0 unspecified atom stereocenters. The first-order chi connectivity index (χ1) is 12.2. The Morgan fingerprint density at radius 3 is 2.64 bits per heavy atom. The molecule has 2 N–H and O–H groups in total. The van der Waals surface area contributed by atoms with Crippen LogP contribution in [-0.2, 0) is 13.0 Å². The van der Waals surface area contributed by atoms with E-state index in [0.29, 0.717) is 0 Å². The fraction of sp³-hybridized carbons (Fsp3) is 0.250. The summed E-state index contributed by atoms with van der Waals surface area (Å²) in [6.07, 6.45) is 0.831. The summed E-state index contributed by atoms with van der Waals surface area (Å²) in [5.41, 5.74) is 7.16. The van der Waals surface area contributed by atoms with Crippen molar-refractivity contribution in [2.45, 2.75) is 19.9 Å². The Labute approximate surface area is 147 Å². The lowest BCUT2D eigenvalue weighted by Gasteiger charge is -2.10. The van der Waals surface area contributed by atoms with E-state index in [-0.39, 0.29) is 0 Å². The second-order valence-electron chi connectivity index (χ2n) is 6.25. The molecule has 4 rings (SSSR count). The van der Waals surface area contributed by atoms with E-state index >= 15 is 0 Å². The molecule has 128 valence electrons. The van der Waals surface area contributed by atoms with Crippen molar-refractivity contribution in [3.05, 3.63) is 58.7 Å². The molecular weight excluding hydrogens is 314 g/mol. The topological polar surface area (TPSA) is 59.2 Å². The Balaban J connectivity index is 1.62. The molecule has 25 heavy (non-hydrogen) atoms. The number of nitrogens with one attached hydrogen (secondary N) is 2. The maximum absolute atomic E-state index is 5.43. The van der Waals surface area contributed by atoms with Gasteiger partial charge < -0.3 is 14.8 Å². The van der Waals surface area contributed by atoms with Gasteiger partial charge in [0, 0.05) is 24.1 Å². The average molecular weight is 335 g/mol. The first-order valence-electron chi connectivity index (χ1n) is 8.32. The van der Waals surface area contributed by atoms with Crippen molar-refractivity contribution in [1.29, 1.82) is 0 Å². The van der Waals surface area contributed by atoms with Gasteiger partial charge in [-0.2, -0.15) is 5.10 Å². The first kappa shape index (κ1) is 15.6. The number of fused-ring (bicyclic) bond motifs is 3. The fourth-order valence-corrected chi connectivity index (χ4v) is 3.38. The third-order valence-electron chi connectivity index (χ3n) is 4.82. The summed E-state index contributed by atoms with van der Waals surface area (Å²) in [6, 6.07) is 12.5. The summed E-state index contributed by atoms with van der Waals surface area (Å²) in [5, 5.41) is 11.1. The molecular formula is C20H21N3O2. The van der Waals surface area contributed by atoms with Gasteiger partial charge in [-0.1, -0.05) is 24.3 Å². The smallest absolute Gasteiger partial charge is 0.161 e. The van der Waals surface area contributed by atoms with Crippen LogP contribution in [-0.4, -0.2) is 24.4 Å². The Morgan fingerprint density at radius 2 is 1.88 bits per heavy atom. The zero-order valence-corrected chi connectivity index (χ0v) is 14.6. The van der Waals surface area contributed by atoms with Crippen LogP contribution in [0.2, 0.25) is 0 Å². The zero-order valence-electron chi connectivity index (χ0n) is 14.6. The van der Waals surface area contributed by atoms with Crippen LogP contribution in [0.4, 0.5) is 5.82 Å². The number of H-pyrrole nitrogens is 1. The molecule has 2 aromatic carbocycles. The highest BCUT2D eigenvalue weighted by atomic mass is 16.5. The molecule has 0 fully saturated rings. The molecule has 1 aromatic heterocycles. The molecule has 1 aliphatic rings. The van der Waals surface area contributed by atoms with Gasteiger partial charge >= 0.3 is 0 Å². The first-order valence-corrected chi connectivity index (χ1v) is 8.32. The third kappa shape index (κ3) is 2.61. The molecule has 5 heteroatoms. The highest BCUT2D eigenvalue weighted by molar-refractivity contribution is 5.80. The molecule has 0 spiro atoms. The van der Waals surface area contributed by atoms with Crippen molar-refractivity contribution < 1.29 is 9.47 Å². The van der Waals surface area contributed by atoms with E-state index in [9.17, 15) is 0 Å². The molecule has 0 amide bonds. The molecule has 0 atom stereocenters. The zero-order chi connectivity index (χ0) is 17.4. The summed E-state index contributed by atoms with van der Waals surface area (Å²) in [6.45, 7) is 2.88. The summed E-state index contributed by atoms with van der Waals surface area (Å²) >= 11 is 0. The summed E-state index contributed by atoms with van der Waals surface area (Å²) in [5.74, 6) is 2.40. The quantitative estimate of drug-likeness (QED) is 0.580. The highest BCUT2D eigenvalue weighted by Gasteiger charge is 2.26. The number of nitrogens with zero attached hydrogens (tertiary/aromatic N) is 1. The Hall–Kier alpha value is -2.95. The predicted octanol–water partition coefficient (Wildman–Crippen LogP) is 3.92. The van der Waals surface area contributed by atoms with E-state index in [0.717, 1.165) is 41.5 Å². The standard InChI is InChI=1S/C20H21N3O2/c1-12-6-4-5-7-13(12)11-21-20-16-8-14-9-17(24-2)18(25-3)10-15(14)19(16)22-23-20/h4-7,9-10H,8,11H2,1-3H3,(H2,21,22,23). The molecule has 0 saturated carbocycles. The average Bonchev–Trinajstić information content (AvgIpc) is 3.18. The molecule has 0 radical (unpaired) electrons. The van der Waals surface area contributed by atoms with Gasteiger partial charge in [0.15, 0.2) is 17.3 Å². The summed E-state index contributed by atoms with van der Waals surface area (Å²) < 4.78 is 10.8. The number of benzene rings is 2. The van der Waals surface area contributed by atoms with E-state index in [2.05, 4.69) is 46.7 Å². The van der Waals surface area contributed by atoms with Gasteiger partial charge in [-0.15, -0.1) is 0 Å². The third-order valence-corrected chi connectivity index (χ3v) is 4.82. The van der Waals surface area contributed by atoms with Crippen molar-refractivity contribution in [1.82, 2.24) is 10.2 Å². The van der Waals surface area contributed by atoms with Gasteiger partial charge in [0.1, 0.15) is 0 Å². The molecule has 3 aromatic rings. The monoisotopic (exact) mass is 335 g/mol. The number of aryl methyl sites for hydroxylation is 1. The summed E-state index contributed by atoms with van der Waals surface area (Å²) in [4.78, 5) is 0. The largest absolute Gasteiger partial charge is 0.493 e. The van der Waals surface area contributed by atoms with Crippen LogP contribution in [0.5, 0.6) is 11.5 Å². The van der Waals surface area contributed by atoms with Crippen LogP contribution in [0.15, 0.2) is 36.4 Å². The number of aromatic amines is 1. The lowest BCUT2D eigenvalue weighted by molar-refractivity contribution is 0.355. The second kappa shape index (κ2) is 6.16. The molecule has 1 heterocycles. The van der Waals surface area contributed by atoms with Gasteiger partial charge in [0.2, 0.25) is 0 Å². The minimum absolute atomic E-state index is 0.734. The minimum atomic E-state index is 0.734. The van der Waals surface area contributed by atoms with E-state index in [1.54, 1.807) is 14.2 Å². The van der Waals surface area contributed by atoms with Crippen LogP contribution < -0.4 is 14.8 Å². The van der Waals surface area contributed by atoms with E-state index in [1.165, 1.54) is 22.3 Å². The van der Waals surface area contributed by atoms with Crippen molar-refractivity contribution in [3.63, 3.8) is 0 Å². The van der Waals surface area contributed by atoms with Gasteiger partial charge in [0.25, 0.3) is 0 Å². The minimum Gasteiger partial charge on any atom is -0.493 e. The van der Waals surface area contributed by atoms with Gasteiger partial charge in [-0.25, -0.2) is 0 Å². The van der Waals surface area contributed by atoms with Crippen LogP contribution in [0.1, 0.15) is 22.3 Å². The van der Waals surface area contributed by atoms with Crippen molar-refractivity contribution >= 4 is 5.82 Å². The number of aromatic nitrogens is 2. The maximum atomic E-state index is 5.43. The number of hydrogen-bond acceptors (Lipinski definition) is 4. The molecule has 1 aliphatic carbocycles. The maximum Gasteiger partial charge on any atom is 0.161 e. The molecule has 0 saturated heterocycles. The van der Waals surface area contributed by atoms with Crippen molar-refractivity contribution in [2.75, 3.05) is 19.5 Å². The number of rotatable bonds is 5. The van der Waals surface area contributed by atoms with E-state index in [1.807, 2.05) is 12.1 Å². The van der Waals surface area contributed by atoms with E-state index < -0.39 is 0 Å². The molecule has 0 bridgehead atoms. The second-order valence-corrected chi connectivity index (χ2v) is 6.25. The van der Waals surface area contributed by atoms with Crippen molar-refractivity contribution in [3.8, 4) is 22.8 Å². The number of ether oxygens (including phenoxy) is 2. The van der Waals surface area contributed by atoms with Gasteiger partial charge in [0.05, 0.1) is 19.9 Å². The van der Waals surface area contributed by atoms with Crippen LogP contribution in [0.3, 0.4) is 0 Å². The molecule has 5 nitrogen and oxygen atoms in total. The van der Waals surface area contributed by atoms with Crippen LogP contribution >= 0.6 is 0 Å². The number of methoxy groups -OCH3 is 2. The highest BCUT2D eigenvalue weighted by Crippen LogP contribution is 2.43. The number of hydrogen-bond donors (Lipinski definition) is 2. The summed E-state index contributed by atoms with van der Waals surface area (Å²) in [7, 11) is 3.32. The van der Waals surface area contributed by atoms with Crippen molar-refractivity contribution in [2.24, 2.45) is 0 Å². The lowest BCUT2D eigenvalue weighted by atomic mass is 10.1. The SMILES string of the molecule is COc1cc2c(cc1OC)-c1[nH]nc(NCc3ccccc3C)c1C2. The van der Waals surface area contributed by atoms with Gasteiger partial charge in [-0.05, 0) is 35.7 Å². The van der Waals surface area contributed by atoms with E-state index in [4.69, 9.17) is 9.47 Å². The normalized spacial score (nSPS) is 11.8. The lowest BCUT2D eigenvalue weighted by Crippen LogP contribution is -2.03. The predicted molar refractivity (Wildman–Crippen MR) is 98.4 cm³/mol.